The summed E-state index contributed by atoms with van der Waals surface area (Å²) in [5, 5.41) is 3.61. The Morgan fingerprint density at radius 3 is 2.48 bits per heavy atom. The minimum atomic E-state index is 0.316. The maximum atomic E-state index is 5.33. The van der Waals surface area contributed by atoms with Gasteiger partial charge in [-0.2, -0.15) is 11.8 Å². The Morgan fingerprint density at radius 1 is 1.05 bits per heavy atom. The number of fused-ring (bicyclic) bond motifs is 1. The number of ether oxygens (including phenoxy) is 2. The van der Waals surface area contributed by atoms with E-state index < -0.39 is 0 Å². The first kappa shape index (κ1) is 14.1. The summed E-state index contributed by atoms with van der Waals surface area (Å²) in [4.78, 5) is 0. The number of benzene rings is 2. The Morgan fingerprint density at radius 2 is 1.76 bits per heavy atom. The highest BCUT2D eigenvalue weighted by Gasteiger charge is 2.20. The highest BCUT2D eigenvalue weighted by atomic mass is 32.2. The predicted octanol–water partition coefficient (Wildman–Crippen LogP) is 4.10. The third-order valence-electron chi connectivity index (χ3n) is 3.66. The molecule has 0 amide bonds. The summed E-state index contributed by atoms with van der Waals surface area (Å²) in [6.07, 6.45) is 0. The van der Waals surface area contributed by atoms with E-state index in [0.29, 0.717) is 6.04 Å². The second-order valence-corrected chi connectivity index (χ2v) is 6.04. The van der Waals surface area contributed by atoms with Gasteiger partial charge in [0.2, 0.25) is 0 Å². The number of hydrogen-bond donors (Lipinski definition) is 1. The lowest BCUT2D eigenvalue weighted by Gasteiger charge is -2.27. The molecule has 0 aromatic heterocycles. The van der Waals surface area contributed by atoms with Gasteiger partial charge in [0.1, 0.15) is 11.5 Å². The Hall–Kier alpha value is -1.81. The fourth-order valence-corrected chi connectivity index (χ4v) is 3.69. The van der Waals surface area contributed by atoms with Crippen molar-refractivity contribution in [1.82, 2.24) is 0 Å². The number of methoxy groups -OCH3 is 2. The van der Waals surface area contributed by atoms with Crippen molar-refractivity contribution in [3.8, 4) is 11.5 Å². The highest BCUT2D eigenvalue weighted by molar-refractivity contribution is 7.98. The van der Waals surface area contributed by atoms with Gasteiger partial charge in [-0.15, -0.1) is 0 Å². The van der Waals surface area contributed by atoms with Crippen molar-refractivity contribution in [1.29, 1.82) is 0 Å². The average Bonchev–Trinajstić information content (AvgIpc) is 2.55. The summed E-state index contributed by atoms with van der Waals surface area (Å²) in [5.41, 5.74) is 3.83. The van der Waals surface area contributed by atoms with Crippen LogP contribution >= 0.6 is 11.8 Å². The molecule has 1 aliphatic heterocycles. The molecule has 0 fully saturated rings. The molecule has 2 aromatic carbocycles. The number of hydrogen-bond acceptors (Lipinski definition) is 4. The standard InChI is InChI=1S/C17H19NO2S/c1-19-14-7-13(8-15(9-14)20-2)18-17-11-21-10-12-5-3-4-6-16(12)17/h3-9,17-18H,10-11H2,1-2H3. The van der Waals surface area contributed by atoms with E-state index in [1.807, 2.05) is 30.0 Å². The van der Waals surface area contributed by atoms with Crippen LogP contribution in [0.2, 0.25) is 0 Å². The van der Waals surface area contributed by atoms with E-state index in [1.54, 1.807) is 14.2 Å². The van der Waals surface area contributed by atoms with Crippen molar-refractivity contribution in [3.05, 3.63) is 53.6 Å². The van der Waals surface area contributed by atoms with Crippen LogP contribution in [-0.4, -0.2) is 20.0 Å². The molecular formula is C17H19NO2S. The highest BCUT2D eigenvalue weighted by Crippen LogP contribution is 2.35. The second kappa shape index (κ2) is 6.31. The number of thioether (sulfide) groups is 1. The summed E-state index contributed by atoms with van der Waals surface area (Å²) in [7, 11) is 3.34. The van der Waals surface area contributed by atoms with E-state index in [1.165, 1.54) is 11.1 Å². The molecule has 1 heterocycles. The van der Waals surface area contributed by atoms with Crippen LogP contribution in [0.4, 0.5) is 5.69 Å². The van der Waals surface area contributed by atoms with Gasteiger partial charge in [-0.05, 0) is 11.1 Å². The lowest BCUT2D eigenvalue weighted by atomic mass is 10.0. The summed E-state index contributed by atoms with van der Waals surface area (Å²) in [6.45, 7) is 0. The lowest BCUT2D eigenvalue weighted by molar-refractivity contribution is 0.394. The minimum Gasteiger partial charge on any atom is -0.497 e. The lowest BCUT2D eigenvalue weighted by Crippen LogP contribution is -2.18. The molecule has 4 heteroatoms. The fraction of sp³-hybridized carbons (Fsp3) is 0.294. The van der Waals surface area contributed by atoms with Crippen LogP contribution in [0.5, 0.6) is 11.5 Å². The Kier molecular flexibility index (Phi) is 4.25. The zero-order chi connectivity index (χ0) is 14.7. The normalized spacial score (nSPS) is 17.0. The average molecular weight is 301 g/mol. The molecule has 3 rings (SSSR count). The topological polar surface area (TPSA) is 30.5 Å². The maximum absolute atomic E-state index is 5.33. The van der Waals surface area contributed by atoms with Crippen molar-refractivity contribution >= 4 is 17.4 Å². The van der Waals surface area contributed by atoms with Gasteiger partial charge in [0.15, 0.2) is 0 Å². The van der Waals surface area contributed by atoms with Crippen LogP contribution in [-0.2, 0) is 5.75 Å². The maximum Gasteiger partial charge on any atom is 0.124 e. The van der Waals surface area contributed by atoms with Crippen molar-refractivity contribution in [3.63, 3.8) is 0 Å². The number of nitrogens with one attached hydrogen (secondary N) is 1. The predicted molar refractivity (Wildman–Crippen MR) is 88.5 cm³/mol. The van der Waals surface area contributed by atoms with E-state index in [-0.39, 0.29) is 0 Å². The third-order valence-corrected chi connectivity index (χ3v) is 4.75. The molecule has 0 bridgehead atoms. The minimum absolute atomic E-state index is 0.316. The molecular weight excluding hydrogens is 282 g/mol. The molecule has 0 spiro atoms. The zero-order valence-electron chi connectivity index (χ0n) is 12.3. The van der Waals surface area contributed by atoms with Crippen molar-refractivity contribution < 1.29 is 9.47 Å². The van der Waals surface area contributed by atoms with Gasteiger partial charge < -0.3 is 14.8 Å². The van der Waals surface area contributed by atoms with Crippen molar-refractivity contribution in [2.45, 2.75) is 11.8 Å². The quantitative estimate of drug-likeness (QED) is 0.921. The van der Waals surface area contributed by atoms with Crippen molar-refractivity contribution in [2.24, 2.45) is 0 Å². The first-order valence-electron chi connectivity index (χ1n) is 6.95. The van der Waals surface area contributed by atoms with E-state index >= 15 is 0 Å². The molecule has 1 aliphatic rings. The summed E-state index contributed by atoms with van der Waals surface area (Å²) in [5.74, 6) is 3.76. The van der Waals surface area contributed by atoms with Gasteiger partial charge in [0.25, 0.3) is 0 Å². The molecule has 110 valence electrons. The molecule has 0 saturated heterocycles. The Bertz CT molecular complexity index is 608. The molecule has 3 nitrogen and oxygen atoms in total. The van der Waals surface area contributed by atoms with E-state index in [2.05, 4.69) is 29.6 Å². The monoisotopic (exact) mass is 301 g/mol. The zero-order valence-corrected chi connectivity index (χ0v) is 13.1. The van der Waals surface area contributed by atoms with Gasteiger partial charge in [-0.1, -0.05) is 24.3 Å². The summed E-state index contributed by atoms with van der Waals surface area (Å²) < 4.78 is 10.7. The van der Waals surface area contributed by atoms with Crippen LogP contribution in [0.3, 0.4) is 0 Å². The van der Waals surface area contributed by atoms with Crippen LogP contribution in [0.25, 0.3) is 0 Å². The second-order valence-electron chi connectivity index (χ2n) is 5.01. The van der Waals surface area contributed by atoms with Gasteiger partial charge in [-0.3, -0.25) is 0 Å². The number of rotatable bonds is 4. The van der Waals surface area contributed by atoms with E-state index in [9.17, 15) is 0 Å². The Balaban J connectivity index is 1.87. The molecule has 1 N–H and O–H groups in total. The number of anilines is 1. The van der Waals surface area contributed by atoms with E-state index in [0.717, 1.165) is 28.7 Å². The van der Waals surface area contributed by atoms with Crippen LogP contribution in [0, 0.1) is 0 Å². The third kappa shape index (κ3) is 3.10. The first-order valence-corrected chi connectivity index (χ1v) is 8.11. The smallest absolute Gasteiger partial charge is 0.124 e. The van der Waals surface area contributed by atoms with Crippen LogP contribution in [0.15, 0.2) is 42.5 Å². The van der Waals surface area contributed by atoms with Gasteiger partial charge in [0, 0.05) is 35.4 Å². The Labute approximate surface area is 129 Å². The first-order chi connectivity index (χ1) is 10.3. The molecule has 1 unspecified atom stereocenters. The van der Waals surface area contributed by atoms with Gasteiger partial charge in [0.05, 0.1) is 20.3 Å². The van der Waals surface area contributed by atoms with Crippen LogP contribution in [0.1, 0.15) is 17.2 Å². The molecule has 0 saturated carbocycles. The largest absolute Gasteiger partial charge is 0.497 e. The van der Waals surface area contributed by atoms with Crippen LogP contribution < -0.4 is 14.8 Å². The molecule has 0 aliphatic carbocycles. The molecule has 2 aromatic rings. The van der Waals surface area contributed by atoms with Crippen molar-refractivity contribution in [2.75, 3.05) is 25.3 Å². The molecule has 1 atom stereocenters. The van der Waals surface area contributed by atoms with Gasteiger partial charge >= 0.3 is 0 Å². The fourth-order valence-electron chi connectivity index (χ4n) is 2.59. The van der Waals surface area contributed by atoms with Gasteiger partial charge in [-0.25, -0.2) is 0 Å². The summed E-state index contributed by atoms with van der Waals surface area (Å²) >= 11 is 1.96. The molecule has 0 radical (unpaired) electrons. The summed E-state index contributed by atoms with van der Waals surface area (Å²) in [6, 6.07) is 14.8. The van der Waals surface area contributed by atoms with E-state index in [4.69, 9.17) is 9.47 Å². The molecule has 21 heavy (non-hydrogen) atoms. The SMILES string of the molecule is COc1cc(NC2CSCc3ccccc32)cc(OC)c1.